The number of nitrogens with zero attached hydrogens (tertiary/aromatic N) is 3. The van der Waals surface area contributed by atoms with Crippen molar-refractivity contribution in [1.29, 1.82) is 0 Å². The Morgan fingerprint density at radius 3 is 2.79 bits per heavy atom. The van der Waals surface area contributed by atoms with E-state index in [4.69, 9.17) is 19.0 Å². The summed E-state index contributed by atoms with van der Waals surface area (Å²) in [4.78, 5) is 20.7. The molecule has 1 unspecified atom stereocenters. The molecule has 1 atom stereocenters. The van der Waals surface area contributed by atoms with Crippen LogP contribution in [0.5, 0.6) is 11.5 Å². The lowest BCUT2D eigenvalue weighted by molar-refractivity contribution is -0.137. The van der Waals surface area contributed by atoms with E-state index in [0.717, 1.165) is 49.3 Å². The number of hydrogen-bond donors (Lipinski definition) is 2. The van der Waals surface area contributed by atoms with E-state index in [9.17, 15) is 9.90 Å². The van der Waals surface area contributed by atoms with Crippen molar-refractivity contribution >= 4 is 11.8 Å². The van der Waals surface area contributed by atoms with Gasteiger partial charge in [0.1, 0.15) is 5.82 Å². The van der Waals surface area contributed by atoms with Gasteiger partial charge in [-0.2, -0.15) is 4.98 Å². The highest BCUT2D eigenvalue weighted by Gasteiger charge is 2.21. The number of aryl methyl sites for hydroxylation is 3. The number of anilines is 1. The summed E-state index contributed by atoms with van der Waals surface area (Å²) in [5.74, 6) is 1.95. The van der Waals surface area contributed by atoms with Crippen LogP contribution in [0, 0.1) is 0 Å². The van der Waals surface area contributed by atoms with E-state index in [1.165, 1.54) is 5.56 Å². The van der Waals surface area contributed by atoms with Crippen molar-refractivity contribution in [2.45, 2.75) is 50.9 Å². The molecule has 3 heterocycles. The van der Waals surface area contributed by atoms with Crippen molar-refractivity contribution in [1.82, 2.24) is 15.1 Å². The number of hydrogen-bond acceptors (Lipinski definition) is 8. The lowest BCUT2D eigenvalue weighted by atomic mass is 9.92. The molecule has 0 fully saturated rings. The maximum atomic E-state index is 11.5. The van der Waals surface area contributed by atoms with Crippen LogP contribution < -0.4 is 14.8 Å². The molecule has 0 radical (unpaired) electrons. The van der Waals surface area contributed by atoms with Crippen LogP contribution in [0.2, 0.25) is 0 Å². The largest absolute Gasteiger partial charge is 0.493 e. The first-order chi connectivity index (χ1) is 16.6. The number of rotatable bonds is 11. The molecule has 34 heavy (non-hydrogen) atoms. The van der Waals surface area contributed by atoms with Gasteiger partial charge in [-0.1, -0.05) is 17.3 Å². The van der Waals surface area contributed by atoms with Crippen LogP contribution in [0.4, 0.5) is 5.82 Å². The minimum atomic E-state index is -0.897. The maximum Gasteiger partial charge on any atom is 0.303 e. The fraction of sp³-hybridized carbons (Fsp3) is 0.440. The van der Waals surface area contributed by atoms with Crippen molar-refractivity contribution in [3.8, 4) is 11.5 Å². The zero-order valence-electron chi connectivity index (χ0n) is 19.5. The summed E-state index contributed by atoms with van der Waals surface area (Å²) >= 11 is 0. The minimum Gasteiger partial charge on any atom is -0.493 e. The lowest BCUT2D eigenvalue weighted by Gasteiger charge is -2.17. The number of carboxylic acids is 1. The van der Waals surface area contributed by atoms with Crippen molar-refractivity contribution < 1.29 is 23.9 Å². The molecule has 1 aromatic carbocycles. The summed E-state index contributed by atoms with van der Waals surface area (Å²) in [5.41, 5.74) is 3.14. The Morgan fingerprint density at radius 2 is 2.00 bits per heavy atom. The normalized spacial score (nSPS) is 13.6. The van der Waals surface area contributed by atoms with Gasteiger partial charge in [0.15, 0.2) is 17.3 Å². The van der Waals surface area contributed by atoms with E-state index in [2.05, 4.69) is 27.6 Å². The molecule has 9 heteroatoms. The van der Waals surface area contributed by atoms with Crippen LogP contribution in [0.15, 0.2) is 34.9 Å². The molecule has 0 saturated carbocycles. The van der Waals surface area contributed by atoms with E-state index in [1.54, 1.807) is 26.4 Å². The predicted molar refractivity (Wildman–Crippen MR) is 126 cm³/mol. The van der Waals surface area contributed by atoms with E-state index >= 15 is 0 Å². The van der Waals surface area contributed by atoms with E-state index in [0.29, 0.717) is 36.1 Å². The lowest BCUT2D eigenvalue weighted by Crippen LogP contribution is -2.14. The first-order valence-electron chi connectivity index (χ1n) is 11.5. The third kappa shape index (κ3) is 5.84. The SMILES string of the molecule is COc1ccc(C(CC(=O)O)Cc2nc(CCCc3ccc4c(n3)NCCC4)no2)cc1OC. The van der Waals surface area contributed by atoms with E-state index in [1.807, 2.05) is 6.07 Å². The number of carbonyl (C=O) groups is 1. The number of fused-ring (bicyclic) bond motifs is 1. The molecule has 1 aliphatic rings. The zero-order chi connectivity index (χ0) is 23.9. The summed E-state index contributed by atoms with van der Waals surface area (Å²) in [7, 11) is 3.11. The van der Waals surface area contributed by atoms with Crippen molar-refractivity contribution in [3.05, 3.63) is 58.9 Å². The Kier molecular flexibility index (Phi) is 7.61. The first-order valence-corrected chi connectivity index (χ1v) is 11.5. The van der Waals surface area contributed by atoms with Gasteiger partial charge < -0.3 is 24.4 Å². The number of aromatic nitrogens is 3. The van der Waals surface area contributed by atoms with Crippen molar-refractivity contribution in [2.24, 2.45) is 0 Å². The third-order valence-corrected chi connectivity index (χ3v) is 6.02. The Balaban J connectivity index is 1.37. The van der Waals surface area contributed by atoms with Gasteiger partial charge >= 0.3 is 5.97 Å². The van der Waals surface area contributed by atoms with Crippen LogP contribution in [0.25, 0.3) is 0 Å². The Labute approximate surface area is 198 Å². The highest BCUT2D eigenvalue weighted by atomic mass is 16.5. The van der Waals surface area contributed by atoms with Gasteiger partial charge in [-0.05, 0) is 55.0 Å². The number of carboxylic acid groups (broad SMARTS) is 1. The molecule has 9 nitrogen and oxygen atoms in total. The first kappa shape index (κ1) is 23.5. The molecular weight excluding hydrogens is 436 g/mol. The topological polar surface area (TPSA) is 120 Å². The summed E-state index contributed by atoms with van der Waals surface area (Å²) in [6, 6.07) is 9.66. The smallest absolute Gasteiger partial charge is 0.303 e. The Morgan fingerprint density at radius 1 is 1.15 bits per heavy atom. The summed E-state index contributed by atoms with van der Waals surface area (Å²) < 4.78 is 16.1. The van der Waals surface area contributed by atoms with Crippen LogP contribution in [-0.2, 0) is 30.5 Å². The molecule has 0 bridgehead atoms. The predicted octanol–water partition coefficient (Wildman–Crippen LogP) is 3.82. The van der Waals surface area contributed by atoms with Gasteiger partial charge in [0.05, 0.1) is 20.6 Å². The fourth-order valence-corrected chi connectivity index (χ4v) is 4.25. The highest BCUT2D eigenvalue weighted by Crippen LogP contribution is 2.33. The van der Waals surface area contributed by atoms with Gasteiger partial charge in [0, 0.05) is 31.0 Å². The number of benzene rings is 1. The number of nitrogens with one attached hydrogen (secondary N) is 1. The number of ether oxygens (including phenoxy) is 2. The Hall–Kier alpha value is -3.62. The molecule has 2 N–H and O–H groups in total. The van der Waals surface area contributed by atoms with Crippen molar-refractivity contribution in [3.63, 3.8) is 0 Å². The molecule has 0 saturated heterocycles. The third-order valence-electron chi connectivity index (χ3n) is 6.02. The molecule has 0 spiro atoms. The van der Waals surface area contributed by atoms with Crippen molar-refractivity contribution in [2.75, 3.05) is 26.1 Å². The number of methoxy groups -OCH3 is 2. The minimum absolute atomic E-state index is 0.0643. The molecule has 0 amide bonds. The van der Waals surface area contributed by atoms with Crippen LogP contribution >= 0.6 is 0 Å². The monoisotopic (exact) mass is 466 g/mol. The van der Waals surface area contributed by atoms with Crippen LogP contribution in [0.3, 0.4) is 0 Å². The molecule has 4 rings (SSSR count). The Bertz CT molecular complexity index is 1130. The van der Waals surface area contributed by atoms with Gasteiger partial charge in [0.2, 0.25) is 5.89 Å². The maximum absolute atomic E-state index is 11.5. The van der Waals surface area contributed by atoms with Gasteiger partial charge in [0.25, 0.3) is 0 Å². The molecule has 0 aliphatic carbocycles. The molecule has 1 aliphatic heterocycles. The van der Waals surface area contributed by atoms with E-state index < -0.39 is 5.97 Å². The summed E-state index contributed by atoms with van der Waals surface area (Å²) in [5, 5.41) is 16.9. The second kappa shape index (κ2) is 11.0. The standard InChI is InChI=1S/C25H30N4O5/c1-32-20-11-9-17(13-21(20)33-2)18(15-24(30)31)14-23-28-22(29-34-23)7-3-6-19-10-8-16-5-4-12-26-25(16)27-19/h8-11,13,18H,3-7,12,14-15H2,1-2H3,(H,26,27)(H,30,31). The molecule has 180 valence electrons. The second-order valence-electron chi connectivity index (χ2n) is 8.41. The second-order valence-corrected chi connectivity index (χ2v) is 8.41. The quantitative estimate of drug-likeness (QED) is 0.434. The van der Waals surface area contributed by atoms with Crippen LogP contribution in [-0.4, -0.2) is 47.0 Å². The molecule has 3 aromatic rings. The van der Waals surface area contributed by atoms with Gasteiger partial charge in [-0.3, -0.25) is 4.79 Å². The average molecular weight is 467 g/mol. The number of pyridine rings is 1. The van der Waals surface area contributed by atoms with E-state index in [-0.39, 0.29) is 12.3 Å². The van der Waals surface area contributed by atoms with Gasteiger partial charge in [-0.15, -0.1) is 0 Å². The fourth-order valence-electron chi connectivity index (χ4n) is 4.25. The summed E-state index contributed by atoms with van der Waals surface area (Å²) in [6.45, 7) is 0.973. The highest BCUT2D eigenvalue weighted by molar-refractivity contribution is 5.68. The van der Waals surface area contributed by atoms with Gasteiger partial charge in [-0.25, -0.2) is 4.98 Å². The average Bonchev–Trinajstić information content (AvgIpc) is 3.30. The summed E-state index contributed by atoms with van der Waals surface area (Å²) in [6.07, 6.45) is 4.82. The number of aliphatic carboxylic acids is 1. The molecule has 2 aromatic heterocycles. The molecular formula is C25H30N4O5. The van der Waals surface area contributed by atoms with Crippen LogP contribution in [0.1, 0.15) is 53.7 Å². The zero-order valence-corrected chi connectivity index (χ0v) is 19.5.